The van der Waals surface area contributed by atoms with Gasteiger partial charge in [-0.1, -0.05) is 6.92 Å². The van der Waals surface area contributed by atoms with E-state index in [9.17, 15) is 15.0 Å². The van der Waals surface area contributed by atoms with E-state index in [1.54, 1.807) is 26.1 Å². The fourth-order valence-electron chi connectivity index (χ4n) is 4.27. The van der Waals surface area contributed by atoms with Crippen molar-refractivity contribution >= 4 is 46.6 Å². The zero-order valence-corrected chi connectivity index (χ0v) is 25.3. The molecule has 1 aromatic rings. The topological polar surface area (TPSA) is 113 Å². The molecule has 1 fully saturated rings. The second kappa shape index (κ2) is 14.7. The molecular formula is C27H42IN5O4. The summed E-state index contributed by atoms with van der Waals surface area (Å²) in [5.74, 6) is 0.172. The molecular weight excluding hydrogens is 585 g/mol. The Morgan fingerprint density at radius 1 is 1.30 bits per heavy atom. The molecule has 1 saturated heterocycles. The van der Waals surface area contributed by atoms with Gasteiger partial charge in [0.15, 0.2) is 0 Å². The molecule has 9 nitrogen and oxygen atoms in total. The van der Waals surface area contributed by atoms with E-state index < -0.39 is 0 Å². The predicted molar refractivity (Wildman–Crippen MR) is 158 cm³/mol. The molecule has 4 N–H and O–H groups in total. The van der Waals surface area contributed by atoms with Crippen LogP contribution in [-0.2, 0) is 16.1 Å². The monoisotopic (exact) mass is 627 g/mol. The summed E-state index contributed by atoms with van der Waals surface area (Å²) in [5.41, 5.74) is 8.32. The molecule has 1 atom stereocenters. The first-order valence-corrected chi connectivity index (χ1v) is 13.4. The molecule has 1 aliphatic heterocycles. The minimum absolute atomic E-state index is 0.0228. The van der Waals surface area contributed by atoms with Crippen LogP contribution in [0.3, 0.4) is 0 Å². The maximum absolute atomic E-state index is 13.0. The molecule has 0 aliphatic carbocycles. The van der Waals surface area contributed by atoms with Gasteiger partial charge in [-0.15, -0.1) is 0 Å². The third-order valence-electron chi connectivity index (χ3n) is 6.80. The Hall–Kier alpha value is -2.15. The number of nitrogens with one attached hydrogen (secondary N) is 2. The summed E-state index contributed by atoms with van der Waals surface area (Å²) in [7, 11) is 7.06. The van der Waals surface area contributed by atoms with Gasteiger partial charge in [0.05, 0.1) is 42.5 Å². The summed E-state index contributed by atoms with van der Waals surface area (Å²) in [6.07, 6.45) is 5.44. The number of ether oxygens (including phenoxy) is 1. The van der Waals surface area contributed by atoms with E-state index in [0.717, 1.165) is 57.3 Å². The largest absolute Gasteiger partial charge is 0.396 e. The number of aromatic amines is 1. The summed E-state index contributed by atoms with van der Waals surface area (Å²) >= 11 is 2.22. The first-order valence-electron chi connectivity index (χ1n) is 12.5. The molecule has 2 rings (SSSR count). The molecule has 1 amide bonds. The maximum atomic E-state index is 13.0. The molecule has 10 heteroatoms. The van der Waals surface area contributed by atoms with Crippen molar-refractivity contribution in [2.45, 2.75) is 46.6 Å². The molecule has 0 bridgehead atoms. The van der Waals surface area contributed by atoms with Gasteiger partial charge in [0.2, 0.25) is 5.91 Å². The Morgan fingerprint density at radius 3 is 2.57 bits per heavy atom. The van der Waals surface area contributed by atoms with Crippen molar-refractivity contribution in [3.63, 3.8) is 0 Å². The molecule has 0 radical (unpaired) electrons. The number of H-pyrrole nitrogens is 1. The van der Waals surface area contributed by atoms with Gasteiger partial charge in [-0.2, -0.15) is 0 Å². The number of methoxy groups -OCH3 is 1. The number of carbonyl (C=O) groups is 1. The van der Waals surface area contributed by atoms with Crippen LogP contribution in [0, 0.1) is 12.8 Å². The first-order chi connectivity index (χ1) is 17.6. The number of aromatic nitrogens is 1. The van der Waals surface area contributed by atoms with Crippen LogP contribution in [0.5, 0.6) is 0 Å². The number of aliphatic hydroxyl groups is 2. The minimum Gasteiger partial charge on any atom is -0.396 e. The number of halogens is 1. The second-order valence-corrected chi connectivity index (χ2v) is 10.8. The average Bonchev–Trinajstić information content (AvgIpc) is 3.37. The number of nitrogens with zero attached hydrogens (tertiary/aromatic N) is 3. The molecule has 2 heterocycles. The maximum Gasteiger partial charge on any atom is 0.226 e. The number of carbonyl (C=O) groups excluding carboxylic acids is 1. The van der Waals surface area contributed by atoms with Crippen molar-refractivity contribution in [2.24, 2.45) is 10.9 Å². The van der Waals surface area contributed by atoms with Crippen LogP contribution in [0.4, 0.5) is 0 Å². The molecule has 0 aromatic carbocycles. The Kier molecular flexibility index (Phi) is 12.3. The number of amides is 1. The van der Waals surface area contributed by atoms with E-state index in [1.807, 2.05) is 30.1 Å². The van der Waals surface area contributed by atoms with Crippen molar-refractivity contribution in [2.75, 3.05) is 48.0 Å². The van der Waals surface area contributed by atoms with Crippen molar-refractivity contribution < 1.29 is 19.7 Å². The van der Waals surface area contributed by atoms with Crippen molar-refractivity contribution in [1.29, 1.82) is 0 Å². The van der Waals surface area contributed by atoms with Crippen LogP contribution in [-0.4, -0.2) is 82.8 Å². The van der Waals surface area contributed by atoms with Gasteiger partial charge < -0.3 is 33.3 Å². The summed E-state index contributed by atoms with van der Waals surface area (Å²) in [6.45, 7) is 7.06. The number of hydrogen-bond donors (Lipinski definition) is 4. The lowest BCUT2D eigenvalue weighted by atomic mass is 9.97. The zero-order valence-electron chi connectivity index (χ0n) is 23.1. The predicted octanol–water partition coefficient (Wildman–Crippen LogP) is 3.63. The Bertz CT molecular complexity index is 1070. The van der Waals surface area contributed by atoms with Crippen molar-refractivity contribution in [1.82, 2.24) is 18.3 Å². The quantitative estimate of drug-likeness (QED) is 0.160. The highest BCUT2D eigenvalue weighted by Crippen LogP contribution is 2.33. The summed E-state index contributed by atoms with van der Waals surface area (Å²) in [5, 5.41) is 23.2. The third-order valence-corrected chi connectivity index (χ3v) is 7.56. The van der Waals surface area contributed by atoms with Crippen molar-refractivity contribution in [3.05, 3.63) is 45.2 Å². The Morgan fingerprint density at radius 2 is 2.00 bits per heavy atom. The lowest BCUT2D eigenvalue weighted by molar-refractivity contribution is -0.129. The fourth-order valence-corrected chi connectivity index (χ4v) is 4.41. The summed E-state index contributed by atoms with van der Waals surface area (Å²) < 4.78 is 7.11. The highest BCUT2D eigenvalue weighted by Gasteiger charge is 2.27. The van der Waals surface area contributed by atoms with Crippen LogP contribution in [0.15, 0.2) is 27.7 Å². The molecule has 0 saturated carbocycles. The van der Waals surface area contributed by atoms with Gasteiger partial charge in [0, 0.05) is 99.1 Å². The molecule has 1 aromatic heterocycles. The molecule has 1 aliphatic rings. The number of allylic oxidation sites excluding steroid dienone is 3. The highest BCUT2D eigenvalue weighted by molar-refractivity contribution is 14.1. The van der Waals surface area contributed by atoms with Crippen molar-refractivity contribution in [3.8, 4) is 0 Å². The normalized spacial score (nSPS) is 18.9. The number of aliphatic hydroxyl groups excluding tert-OH is 2. The molecule has 37 heavy (non-hydrogen) atoms. The number of aliphatic imine (C=N–C) groups is 1. The zero-order chi connectivity index (χ0) is 27.7. The van der Waals surface area contributed by atoms with Gasteiger partial charge in [0.1, 0.15) is 0 Å². The lowest BCUT2D eigenvalue weighted by Gasteiger charge is -2.20. The lowest BCUT2D eigenvalue weighted by Crippen LogP contribution is -2.31. The smallest absolute Gasteiger partial charge is 0.226 e. The SMILES string of the molecule is CN=C(CCO)/C(CC(=O)N(C)CCOC)=C1/CC(C)/C(=C/c2[nH]c(/C=C(/C)N(C)I)c(CO)c2C)N1. The number of rotatable bonds is 12. The third kappa shape index (κ3) is 8.17. The fraction of sp³-hybridized carbons (Fsp3) is 0.556. The van der Waals surface area contributed by atoms with E-state index in [-0.39, 0.29) is 31.5 Å². The van der Waals surface area contributed by atoms with Gasteiger partial charge in [-0.05, 0) is 38.0 Å². The minimum atomic E-state index is -0.0515. The standard InChI is InChI=1S/C27H42IN5O4/c1-17-12-25(20(22(29-4)8-10-34)14-27(36)32(5)9-11-37-7)30-23(17)15-24-19(3)21(16-35)26(31-24)13-18(2)33(6)28/h13,15,17,30-31,34-35H,8-12,14,16H2,1-7H3/b18-13-,23-15-,25-20-,29-22?. The van der Waals surface area contributed by atoms with Crippen LogP contribution >= 0.6 is 22.9 Å². The number of likely N-dealkylation sites (N-methyl/N-ethyl adjacent to an activating group) is 1. The van der Waals surface area contributed by atoms with E-state index in [2.05, 4.69) is 51.2 Å². The second-order valence-electron chi connectivity index (χ2n) is 9.39. The van der Waals surface area contributed by atoms with E-state index >= 15 is 0 Å². The molecule has 206 valence electrons. The van der Waals surface area contributed by atoms with E-state index in [0.29, 0.717) is 19.6 Å². The average molecular weight is 628 g/mol. The van der Waals surface area contributed by atoms with Gasteiger partial charge in [0.25, 0.3) is 0 Å². The van der Waals surface area contributed by atoms with Crippen LogP contribution in [0.25, 0.3) is 12.2 Å². The first kappa shape index (κ1) is 31.1. The summed E-state index contributed by atoms with van der Waals surface area (Å²) in [4.78, 5) is 22.5. The van der Waals surface area contributed by atoms with Crippen LogP contribution < -0.4 is 5.32 Å². The van der Waals surface area contributed by atoms with Gasteiger partial charge in [-0.3, -0.25) is 9.79 Å². The summed E-state index contributed by atoms with van der Waals surface area (Å²) in [6, 6.07) is 0. The Balaban J connectivity index is 2.46. The molecule has 1 unspecified atom stereocenters. The van der Waals surface area contributed by atoms with E-state index in [4.69, 9.17) is 4.74 Å². The van der Waals surface area contributed by atoms with E-state index in [1.165, 1.54) is 0 Å². The number of hydrogen-bond acceptors (Lipinski definition) is 7. The van der Waals surface area contributed by atoms with Crippen LogP contribution in [0.2, 0.25) is 0 Å². The molecule has 0 spiro atoms. The van der Waals surface area contributed by atoms with Crippen LogP contribution in [0.1, 0.15) is 55.6 Å². The van der Waals surface area contributed by atoms with Gasteiger partial charge in [-0.25, -0.2) is 0 Å². The highest BCUT2D eigenvalue weighted by atomic mass is 127. The Labute approximate surface area is 234 Å². The van der Waals surface area contributed by atoms with Gasteiger partial charge >= 0.3 is 0 Å².